The van der Waals surface area contributed by atoms with Crippen molar-refractivity contribution in [2.75, 3.05) is 13.6 Å². The summed E-state index contributed by atoms with van der Waals surface area (Å²) in [7, 11) is 4.07. The van der Waals surface area contributed by atoms with Crippen molar-refractivity contribution in [3.05, 3.63) is 42.1 Å². The number of aryl methyl sites for hydroxylation is 1. The first kappa shape index (κ1) is 13.8. The Balaban J connectivity index is 1.71. The van der Waals surface area contributed by atoms with E-state index in [9.17, 15) is 0 Å². The molecule has 104 valence electrons. The minimum absolute atomic E-state index is 0.454. The highest BCUT2D eigenvalue weighted by atomic mass is 16.3. The van der Waals surface area contributed by atoms with Gasteiger partial charge in [-0.15, -0.1) is 0 Å². The molecule has 0 spiro atoms. The Bertz CT molecular complexity index is 477. The van der Waals surface area contributed by atoms with Crippen LogP contribution in [0.4, 0.5) is 0 Å². The van der Waals surface area contributed by atoms with Crippen LogP contribution in [0.25, 0.3) is 0 Å². The minimum Gasteiger partial charge on any atom is -0.468 e. The average Bonchev–Trinajstić information content (AvgIpc) is 3.01. The number of aromatic nitrogens is 2. The van der Waals surface area contributed by atoms with E-state index in [2.05, 4.69) is 35.5 Å². The zero-order valence-corrected chi connectivity index (χ0v) is 11.8. The molecule has 5 heteroatoms. The summed E-state index contributed by atoms with van der Waals surface area (Å²) >= 11 is 0. The van der Waals surface area contributed by atoms with Crippen LogP contribution in [0, 0.1) is 0 Å². The normalized spacial score (nSPS) is 13.1. The third-order valence-corrected chi connectivity index (χ3v) is 3.26. The van der Waals surface area contributed by atoms with Crippen LogP contribution in [0.5, 0.6) is 0 Å². The van der Waals surface area contributed by atoms with Gasteiger partial charge in [-0.1, -0.05) is 0 Å². The van der Waals surface area contributed by atoms with Gasteiger partial charge in [0.05, 0.1) is 19.0 Å². The molecule has 2 rings (SSSR count). The number of likely N-dealkylation sites (N-methyl/N-ethyl adjacent to an activating group) is 1. The van der Waals surface area contributed by atoms with Crippen molar-refractivity contribution >= 4 is 0 Å². The summed E-state index contributed by atoms with van der Waals surface area (Å²) in [5.41, 5.74) is 1.24. The van der Waals surface area contributed by atoms with Gasteiger partial charge in [0.2, 0.25) is 0 Å². The van der Waals surface area contributed by atoms with E-state index in [-0.39, 0.29) is 0 Å². The highest BCUT2D eigenvalue weighted by Gasteiger charge is 2.10. The van der Waals surface area contributed by atoms with Crippen molar-refractivity contribution in [1.29, 1.82) is 0 Å². The van der Waals surface area contributed by atoms with Crippen molar-refractivity contribution in [2.24, 2.45) is 7.05 Å². The van der Waals surface area contributed by atoms with Crippen molar-refractivity contribution < 1.29 is 4.42 Å². The Morgan fingerprint density at radius 1 is 1.53 bits per heavy atom. The predicted octanol–water partition coefficient (Wildman–Crippen LogP) is 1.62. The summed E-state index contributed by atoms with van der Waals surface area (Å²) in [6.07, 6.45) is 5.67. The first-order chi connectivity index (χ1) is 9.15. The van der Waals surface area contributed by atoms with Crippen molar-refractivity contribution in [2.45, 2.75) is 26.1 Å². The van der Waals surface area contributed by atoms with E-state index in [4.69, 9.17) is 4.42 Å². The molecule has 1 unspecified atom stereocenters. The fourth-order valence-electron chi connectivity index (χ4n) is 1.97. The third kappa shape index (κ3) is 4.22. The van der Waals surface area contributed by atoms with Gasteiger partial charge in [0.15, 0.2) is 0 Å². The van der Waals surface area contributed by atoms with Crippen molar-refractivity contribution in [3.8, 4) is 0 Å². The standard InChI is InChI=1S/C14H22N4O/c1-12(7-15-9-14-5-4-6-19-14)17(2)10-13-8-16-18(3)11-13/h4-6,8,11-12,15H,7,9-10H2,1-3H3. The predicted molar refractivity (Wildman–Crippen MR) is 74.6 cm³/mol. The Morgan fingerprint density at radius 3 is 3.00 bits per heavy atom. The molecule has 5 nitrogen and oxygen atoms in total. The molecule has 2 aromatic heterocycles. The number of hydrogen-bond acceptors (Lipinski definition) is 4. The van der Waals surface area contributed by atoms with Crippen LogP contribution in [0.2, 0.25) is 0 Å². The Kier molecular flexibility index (Phi) is 4.76. The van der Waals surface area contributed by atoms with Crippen LogP contribution in [0.3, 0.4) is 0 Å². The first-order valence-electron chi connectivity index (χ1n) is 6.56. The summed E-state index contributed by atoms with van der Waals surface area (Å²) in [5, 5.41) is 7.59. The first-order valence-corrected chi connectivity index (χ1v) is 6.56. The van der Waals surface area contributed by atoms with Gasteiger partial charge in [0, 0.05) is 37.9 Å². The van der Waals surface area contributed by atoms with Crippen LogP contribution >= 0.6 is 0 Å². The molecule has 1 atom stereocenters. The van der Waals surface area contributed by atoms with Crippen LogP contribution in [0.1, 0.15) is 18.2 Å². The maximum Gasteiger partial charge on any atom is 0.117 e. The molecule has 0 aliphatic heterocycles. The number of nitrogens with zero attached hydrogens (tertiary/aromatic N) is 3. The molecule has 19 heavy (non-hydrogen) atoms. The monoisotopic (exact) mass is 262 g/mol. The lowest BCUT2D eigenvalue weighted by molar-refractivity contribution is 0.241. The quantitative estimate of drug-likeness (QED) is 0.823. The largest absolute Gasteiger partial charge is 0.468 e. The maximum atomic E-state index is 5.29. The SMILES string of the molecule is CC(CNCc1ccco1)N(C)Cc1cnn(C)c1. The molecule has 0 aliphatic rings. The average molecular weight is 262 g/mol. The van der Waals surface area contributed by atoms with Gasteiger partial charge in [-0.05, 0) is 26.1 Å². The molecular formula is C14H22N4O. The lowest BCUT2D eigenvalue weighted by atomic mass is 10.2. The zero-order valence-electron chi connectivity index (χ0n) is 11.8. The molecule has 2 heterocycles. The van der Waals surface area contributed by atoms with Gasteiger partial charge in [-0.2, -0.15) is 5.10 Å². The smallest absolute Gasteiger partial charge is 0.117 e. The Morgan fingerprint density at radius 2 is 2.37 bits per heavy atom. The number of nitrogens with one attached hydrogen (secondary N) is 1. The van der Waals surface area contributed by atoms with Gasteiger partial charge in [-0.3, -0.25) is 9.58 Å². The van der Waals surface area contributed by atoms with E-state index in [1.807, 2.05) is 30.1 Å². The summed E-state index contributed by atoms with van der Waals surface area (Å²) in [6.45, 7) is 4.83. The molecule has 0 aliphatic carbocycles. The fourth-order valence-corrected chi connectivity index (χ4v) is 1.97. The van der Waals surface area contributed by atoms with Crippen LogP contribution < -0.4 is 5.32 Å². The molecule has 0 amide bonds. The summed E-state index contributed by atoms with van der Waals surface area (Å²) < 4.78 is 7.12. The van der Waals surface area contributed by atoms with Gasteiger partial charge < -0.3 is 9.73 Å². The summed E-state index contributed by atoms with van der Waals surface area (Å²) in [6, 6.07) is 4.35. The molecule has 0 radical (unpaired) electrons. The van der Waals surface area contributed by atoms with Crippen molar-refractivity contribution in [3.63, 3.8) is 0 Å². The summed E-state index contributed by atoms with van der Waals surface area (Å²) in [5.74, 6) is 0.974. The molecule has 0 fully saturated rings. The molecule has 2 aromatic rings. The highest BCUT2D eigenvalue weighted by molar-refractivity contribution is 5.03. The second-order valence-electron chi connectivity index (χ2n) is 5.00. The molecule has 0 bridgehead atoms. The third-order valence-electron chi connectivity index (χ3n) is 3.26. The van der Waals surface area contributed by atoms with E-state index in [1.54, 1.807) is 6.26 Å². The van der Waals surface area contributed by atoms with E-state index >= 15 is 0 Å². The van der Waals surface area contributed by atoms with Crippen LogP contribution in [-0.4, -0.2) is 34.3 Å². The molecule has 0 saturated heterocycles. The lowest BCUT2D eigenvalue weighted by Crippen LogP contribution is -2.37. The van der Waals surface area contributed by atoms with Gasteiger partial charge in [0.25, 0.3) is 0 Å². The van der Waals surface area contributed by atoms with E-state index in [0.717, 1.165) is 25.4 Å². The number of furan rings is 1. The highest BCUT2D eigenvalue weighted by Crippen LogP contribution is 2.05. The van der Waals surface area contributed by atoms with E-state index in [1.165, 1.54) is 5.56 Å². The summed E-state index contributed by atoms with van der Waals surface area (Å²) in [4.78, 5) is 2.31. The van der Waals surface area contributed by atoms with Crippen molar-refractivity contribution in [1.82, 2.24) is 20.0 Å². The zero-order chi connectivity index (χ0) is 13.7. The van der Waals surface area contributed by atoms with Crippen LogP contribution in [-0.2, 0) is 20.1 Å². The lowest BCUT2D eigenvalue weighted by Gasteiger charge is -2.24. The Labute approximate surface area is 114 Å². The Hall–Kier alpha value is -1.59. The second kappa shape index (κ2) is 6.54. The molecular weight excluding hydrogens is 240 g/mol. The fraction of sp³-hybridized carbons (Fsp3) is 0.500. The maximum absolute atomic E-state index is 5.29. The number of hydrogen-bond donors (Lipinski definition) is 1. The van der Waals surface area contributed by atoms with Gasteiger partial charge in [0.1, 0.15) is 5.76 Å². The minimum atomic E-state index is 0.454. The molecule has 0 aromatic carbocycles. The van der Waals surface area contributed by atoms with Crippen LogP contribution in [0.15, 0.2) is 35.2 Å². The van der Waals surface area contributed by atoms with E-state index < -0.39 is 0 Å². The molecule has 1 N–H and O–H groups in total. The van der Waals surface area contributed by atoms with Gasteiger partial charge in [-0.25, -0.2) is 0 Å². The topological polar surface area (TPSA) is 46.2 Å². The van der Waals surface area contributed by atoms with Gasteiger partial charge >= 0.3 is 0 Å². The van der Waals surface area contributed by atoms with E-state index in [0.29, 0.717) is 6.04 Å². The number of rotatable bonds is 7. The second-order valence-corrected chi connectivity index (χ2v) is 5.00. The molecule has 0 saturated carbocycles.